The number of amides is 2. The van der Waals surface area contributed by atoms with Gasteiger partial charge in [0, 0.05) is 23.2 Å². The zero-order chi connectivity index (χ0) is 22.9. The molecule has 3 heterocycles. The minimum atomic E-state index is -0.398. The van der Waals surface area contributed by atoms with Gasteiger partial charge in [-0.05, 0) is 84.1 Å². The molecule has 0 spiro atoms. The highest BCUT2D eigenvalue weighted by molar-refractivity contribution is 14.1. The molecular weight excluding hydrogens is 542 g/mol. The summed E-state index contributed by atoms with van der Waals surface area (Å²) in [7, 11) is 0. The van der Waals surface area contributed by atoms with Crippen LogP contribution in [0.1, 0.15) is 52.3 Å². The number of nitrogens with zero attached hydrogens (tertiary/aromatic N) is 1. The van der Waals surface area contributed by atoms with E-state index >= 15 is 0 Å². The Morgan fingerprint density at radius 1 is 1.31 bits per heavy atom. The van der Waals surface area contributed by atoms with Gasteiger partial charge < -0.3 is 20.9 Å². The fourth-order valence-corrected chi connectivity index (χ4v) is 5.82. The molecule has 0 radical (unpaired) electrons. The van der Waals surface area contributed by atoms with Crippen LogP contribution >= 0.6 is 33.9 Å². The van der Waals surface area contributed by atoms with Crippen molar-refractivity contribution in [2.24, 2.45) is 5.41 Å². The Morgan fingerprint density at radius 2 is 2.06 bits per heavy atom. The first-order chi connectivity index (χ1) is 15.2. The summed E-state index contributed by atoms with van der Waals surface area (Å²) in [6.45, 7) is 8.16. The molecule has 6 nitrogen and oxygen atoms in total. The summed E-state index contributed by atoms with van der Waals surface area (Å²) >= 11 is 3.27. The van der Waals surface area contributed by atoms with Crippen LogP contribution in [0.25, 0.3) is 0 Å². The van der Waals surface area contributed by atoms with Gasteiger partial charge in [0.1, 0.15) is 10.8 Å². The van der Waals surface area contributed by atoms with E-state index in [1.54, 1.807) is 12.1 Å². The first-order valence-electron chi connectivity index (χ1n) is 10.9. The summed E-state index contributed by atoms with van der Waals surface area (Å²) < 4.78 is 15.3. The lowest BCUT2D eigenvalue weighted by molar-refractivity contribution is 0.0943. The van der Waals surface area contributed by atoms with E-state index in [0.29, 0.717) is 35.0 Å². The van der Waals surface area contributed by atoms with Crippen LogP contribution in [-0.4, -0.2) is 49.4 Å². The minimum Gasteiger partial charge on any atom is -0.351 e. The largest absolute Gasteiger partial charge is 0.351 e. The van der Waals surface area contributed by atoms with Gasteiger partial charge in [-0.1, -0.05) is 13.8 Å². The zero-order valence-electron chi connectivity index (χ0n) is 18.3. The normalized spacial score (nSPS) is 18.1. The second kappa shape index (κ2) is 9.64. The number of benzene rings is 1. The molecule has 0 unspecified atom stereocenters. The highest BCUT2D eigenvalue weighted by atomic mass is 127. The lowest BCUT2D eigenvalue weighted by atomic mass is 9.85. The van der Waals surface area contributed by atoms with E-state index in [-0.39, 0.29) is 22.9 Å². The van der Waals surface area contributed by atoms with E-state index in [9.17, 15) is 14.0 Å². The van der Waals surface area contributed by atoms with Gasteiger partial charge in [-0.25, -0.2) is 4.39 Å². The van der Waals surface area contributed by atoms with Crippen molar-refractivity contribution < 1.29 is 14.0 Å². The lowest BCUT2D eigenvalue weighted by Crippen LogP contribution is -2.34. The molecule has 2 aliphatic heterocycles. The van der Waals surface area contributed by atoms with Crippen molar-refractivity contribution >= 4 is 56.4 Å². The molecule has 2 aliphatic rings. The highest BCUT2D eigenvalue weighted by Crippen LogP contribution is 2.40. The lowest BCUT2D eigenvalue weighted by Gasteiger charge is -2.22. The van der Waals surface area contributed by atoms with Crippen LogP contribution in [0.2, 0.25) is 0 Å². The number of rotatable bonds is 6. The van der Waals surface area contributed by atoms with Crippen LogP contribution in [-0.2, 0) is 6.42 Å². The third-order valence-corrected chi connectivity index (χ3v) is 7.73. The van der Waals surface area contributed by atoms with E-state index in [1.165, 1.54) is 30.2 Å². The van der Waals surface area contributed by atoms with Gasteiger partial charge >= 0.3 is 0 Å². The summed E-state index contributed by atoms with van der Waals surface area (Å²) in [6, 6.07) is 4.89. The van der Waals surface area contributed by atoms with Crippen molar-refractivity contribution in [3.05, 3.63) is 43.6 Å². The van der Waals surface area contributed by atoms with Crippen molar-refractivity contribution in [1.82, 2.24) is 15.5 Å². The van der Waals surface area contributed by atoms with Crippen LogP contribution in [0.3, 0.4) is 0 Å². The Labute approximate surface area is 205 Å². The number of nitrogens with one attached hydrogen (secondary N) is 3. The Bertz CT molecular complexity index is 1030. The van der Waals surface area contributed by atoms with E-state index in [2.05, 4.69) is 57.3 Å². The third-order valence-electron chi connectivity index (χ3n) is 5.91. The molecule has 2 aromatic rings. The third kappa shape index (κ3) is 5.26. The van der Waals surface area contributed by atoms with E-state index < -0.39 is 5.82 Å². The molecule has 1 fully saturated rings. The van der Waals surface area contributed by atoms with Crippen LogP contribution < -0.4 is 16.0 Å². The fraction of sp³-hybridized carbons (Fsp3) is 0.478. The van der Waals surface area contributed by atoms with Gasteiger partial charge in [-0.3, -0.25) is 9.59 Å². The van der Waals surface area contributed by atoms with Gasteiger partial charge in [0.25, 0.3) is 11.8 Å². The maximum atomic E-state index is 14.5. The summed E-state index contributed by atoms with van der Waals surface area (Å²) in [5.74, 6) is -0.802. The number of halogens is 2. The monoisotopic (exact) mass is 570 g/mol. The molecule has 1 saturated heterocycles. The number of hydrogen-bond donors (Lipinski definition) is 3. The first kappa shape index (κ1) is 23.4. The Morgan fingerprint density at radius 3 is 2.78 bits per heavy atom. The maximum absolute atomic E-state index is 14.5. The molecule has 1 aromatic heterocycles. The molecule has 4 rings (SSSR count). The summed E-state index contributed by atoms with van der Waals surface area (Å²) in [6.07, 6.45) is 2.99. The Kier molecular flexibility index (Phi) is 7.06. The first-order valence-corrected chi connectivity index (χ1v) is 12.8. The summed E-state index contributed by atoms with van der Waals surface area (Å²) in [5.41, 5.74) is 1.28. The van der Waals surface area contributed by atoms with E-state index in [0.717, 1.165) is 28.8 Å². The van der Waals surface area contributed by atoms with E-state index in [1.807, 2.05) is 0 Å². The molecule has 172 valence electrons. The Balaban J connectivity index is 1.66. The SMILES string of the molecule is CC1(C)CNC(=O)c2sc(Nc3ccc(I)cc3F)c(C(=O)NCCN3CCCC3)c2C1. The van der Waals surface area contributed by atoms with Crippen LogP contribution in [0.15, 0.2) is 18.2 Å². The molecule has 0 saturated carbocycles. The summed E-state index contributed by atoms with van der Waals surface area (Å²) in [5, 5.41) is 9.59. The second-order valence-corrected chi connectivity index (χ2v) is 11.5. The number of fused-ring (bicyclic) bond motifs is 1. The van der Waals surface area contributed by atoms with Gasteiger partial charge in [-0.2, -0.15) is 0 Å². The number of likely N-dealkylation sites (tertiary alicyclic amines) is 1. The predicted octanol–water partition coefficient (Wildman–Crippen LogP) is 4.37. The molecule has 0 aliphatic carbocycles. The number of anilines is 2. The average molecular weight is 570 g/mol. The number of carbonyl (C=O) groups is 2. The van der Waals surface area contributed by atoms with Gasteiger partial charge in [-0.15, -0.1) is 11.3 Å². The predicted molar refractivity (Wildman–Crippen MR) is 135 cm³/mol. The van der Waals surface area contributed by atoms with Crippen molar-refractivity contribution in [3.63, 3.8) is 0 Å². The van der Waals surface area contributed by atoms with Gasteiger partial charge in [0.2, 0.25) is 0 Å². The van der Waals surface area contributed by atoms with Crippen LogP contribution in [0.4, 0.5) is 15.1 Å². The molecular formula is C23H28FIN4O2S. The van der Waals surface area contributed by atoms with Crippen molar-refractivity contribution in [2.45, 2.75) is 33.1 Å². The van der Waals surface area contributed by atoms with Crippen LogP contribution in [0, 0.1) is 14.8 Å². The zero-order valence-corrected chi connectivity index (χ0v) is 21.3. The molecule has 32 heavy (non-hydrogen) atoms. The maximum Gasteiger partial charge on any atom is 0.261 e. The van der Waals surface area contributed by atoms with Gasteiger partial charge in [0.05, 0.1) is 16.1 Å². The molecule has 0 bridgehead atoms. The molecule has 0 atom stereocenters. The standard InChI is InChI=1S/C23H28FIN4O2S/c1-23(2)12-15-18(20(30)26-7-10-29-8-3-4-9-29)22(32-19(15)21(31)27-13-23)28-17-6-5-14(25)11-16(17)24/h5-6,11,28H,3-4,7-10,12-13H2,1-2H3,(H,26,30)(H,27,31). The second-order valence-electron chi connectivity index (χ2n) is 9.19. The van der Waals surface area contributed by atoms with E-state index in [4.69, 9.17) is 0 Å². The van der Waals surface area contributed by atoms with Crippen LogP contribution in [0.5, 0.6) is 0 Å². The van der Waals surface area contributed by atoms with Crippen molar-refractivity contribution in [3.8, 4) is 0 Å². The number of carbonyl (C=O) groups excluding carboxylic acids is 2. The molecule has 9 heteroatoms. The fourth-order valence-electron chi connectivity index (χ4n) is 4.22. The quantitative estimate of drug-likeness (QED) is 0.452. The summed E-state index contributed by atoms with van der Waals surface area (Å²) in [4.78, 5) is 29.0. The number of hydrogen-bond acceptors (Lipinski definition) is 5. The Hall–Kier alpha value is -1.72. The molecule has 1 aromatic carbocycles. The average Bonchev–Trinajstić information content (AvgIpc) is 3.34. The van der Waals surface area contributed by atoms with Crippen molar-refractivity contribution in [2.75, 3.05) is 38.0 Å². The molecule has 3 N–H and O–H groups in total. The van der Waals surface area contributed by atoms with Crippen molar-refractivity contribution in [1.29, 1.82) is 0 Å². The topological polar surface area (TPSA) is 73.5 Å². The number of thiophene rings is 1. The van der Waals surface area contributed by atoms with Gasteiger partial charge in [0.15, 0.2) is 0 Å². The minimum absolute atomic E-state index is 0.183. The highest BCUT2D eigenvalue weighted by Gasteiger charge is 2.34. The molecule has 2 amide bonds. The smallest absolute Gasteiger partial charge is 0.261 e.